The van der Waals surface area contributed by atoms with Gasteiger partial charge in [0.1, 0.15) is 18.1 Å². The summed E-state index contributed by atoms with van der Waals surface area (Å²) in [7, 11) is -4.00. The summed E-state index contributed by atoms with van der Waals surface area (Å²) >= 11 is 0. The molecule has 9 heteroatoms. The molecule has 0 aliphatic heterocycles. The number of hydrogen-bond acceptors (Lipinski definition) is 5. The average molecular weight is 519 g/mol. The maximum absolute atomic E-state index is 13.6. The summed E-state index contributed by atoms with van der Waals surface area (Å²) in [5, 5.41) is 2.88. The fourth-order valence-electron chi connectivity index (χ4n) is 3.94. The van der Waals surface area contributed by atoms with Crippen LogP contribution in [0.25, 0.3) is 5.69 Å². The Labute approximate surface area is 217 Å². The number of benzene rings is 3. The van der Waals surface area contributed by atoms with E-state index in [0.29, 0.717) is 18.0 Å². The molecule has 192 valence electrons. The van der Waals surface area contributed by atoms with Crippen LogP contribution < -0.4 is 14.4 Å². The molecule has 8 nitrogen and oxygen atoms in total. The number of para-hydroxylation sites is 1. The molecule has 0 atom stereocenters. The van der Waals surface area contributed by atoms with Gasteiger partial charge >= 0.3 is 0 Å². The number of sulfonamides is 1. The van der Waals surface area contributed by atoms with Crippen molar-refractivity contribution in [3.05, 3.63) is 102 Å². The van der Waals surface area contributed by atoms with Crippen molar-refractivity contribution < 1.29 is 17.9 Å². The van der Waals surface area contributed by atoms with Crippen molar-refractivity contribution in [2.45, 2.75) is 32.2 Å². The zero-order chi connectivity index (χ0) is 26.4. The van der Waals surface area contributed by atoms with E-state index in [9.17, 15) is 13.2 Å². The predicted octanol–water partition coefficient (Wildman–Crippen LogP) is 4.40. The van der Waals surface area contributed by atoms with Crippen LogP contribution in [0, 0.1) is 13.8 Å². The van der Waals surface area contributed by atoms with Crippen molar-refractivity contribution in [1.82, 2.24) is 14.9 Å². The van der Waals surface area contributed by atoms with Crippen LogP contribution in [0.2, 0.25) is 0 Å². The lowest BCUT2D eigenvalue weighted by molar-refractivity contribution is -0.119. The molecule has 4 rings (SSSR count). The Kier molecular flexibility index (Phi) is 7.93. The molecule has 0 bridgehead atoms. The van der Waals surface area contributed by atoms with Crippen LogP contribution in [0.5, 0.6) is 5.75 Å². The van der Waals surface area contributed by atoms with Crippen LogP contribution in [0.4, 0.5) is 5.69 Å². The number of hydrogen-bond donors (Lipinski definition) is 1. The van der Waals surface area contributed by atoms with Crippen LogP contribution in [0.3, 0.4) is 0 Å². The molecule has 3 aromatic carbocycles. The summed E-state index contributed by atoms with van der Waals surface area (Å²) in [6.07, 6.45) is 3.58. The van der Waals surface area contributed by atoms with E-state index >= 15 is 0 Å². The number of carbonyl (C=O) groups is 1. The lowest BCUT2D eigenvalue weighted by atomic mass is 10.1. The third-order valence-corrected chi connectivity index (χ3v) is 7.67. The van der Waals surface area contributed by atoms with Crippen LogP contribution in [-0.4, -0.2) is 37.0 Å². The minimum absolute atomic E-state index is 0.112. The van der Waals surface area contributed by atoms with Gasteiger partial charge in [-0.2, -0.15) is 0 Å². The van der Waals surface area contributed by atoms with Gasteiger partial charge in [0, 0.05) is 18.9 Å². The molecule has 0 saturated heterocycles. The van der Waals surface area contributed by atoms with Crippen molar-refractivity contribution in [2.24, 2.45) is 0 Å². The minimum atomic E-state index is -4.00. The summed E-state index contributed by atoms with van der Waals surface area (Å²) < 4.78 is 35.8. The number of anilines is 1. The van der Waals surface area contributed by atoms with Crippen LogP contribution in [0.15, 0.2) is 90.1 Å². The Bertz CT molecular complexity index is 1460. The van der Waals surface area contributed by atoms with Gasteiger partial charge < -0.3 is 14.6 Å². The Balaban J connectivity index is 1.58. The topological polar surface area (TPSA) is 93.5 Å². The van der Waals surface area contributed by atoms with Crippen molar-refractivity contribution >= 4 is 21.6 Å². The van der Waals surface area contributed by atoms with E-state index in [2.05, 4.69) is 10.3 Å². The first kappa shape index (κ1) is 26.0. The van der Waals surface area contributed by atoms with Gasteiger partial charge in [-0.3, -0.25) is 9.10 Å². The Morgan fingerprint density at radius 1 is 1.00 bits per heavy atom. The molecule has 0 unspecified atom stereocenters. The van der Waals surface area contributed by atoms with E-state index in [0.717, 1.165) is 26.9 Å². The summed E-state index contributed by atoms with van der Waals surface area (Å²) in [5.74, 6) is 1.01. The molecule has 1 amide bonds. The second kappa shape index (κ2) is 11.3. The third kappa shape index (κ3) is 6.00. The van der Waals surface area contributed by atoms with Gasteiger partial charge in [0.15, 0.2) is 0 Å². The molecule has 1 aromatic heterocycles. The first-order valence-corrected chi connectivity index (χ1v) is 13.4. The van der Waals surface area contributed by atoms with E-state index in [1.165, 1.54) is 0 Å². The second-order valence-corrected chi connectivity index (χ2v) is 10.4. The predicted molar refractivity (Wildman–Crippen MR) is 143 cm³/mol. The van der Waals surface area contributed by atoms with Gasteiger partial charge in [0.25, 0.3) is 10.0 Å². The van der Waals surface area contributed by atoms with Crippen LogP contribution in [0.1, 0.15) is 23.9 Å². The van der Waals surface area contributed by atoms with Gasteiger partial charge in [-0.05, 0) is 68.8 Å². The molecule has 1 heterocycles. The number of aromatic nitrogens is 2. The first-order valence-electron chi connectivity index (χ1n) is 12.0. The quantitative estimate of drug-likeness (QED) is 0.336. The smallest absolute Gasteiger partial charge is 0.264 e. The number of imidazole rings is 1. The number of amides is 1. The average Bonchev–Trinajstić information content (AvgIpc) is 3.32. The highest BCUT2D eigenvalue weighted by Gasteiger charge is 2.27. The van der Waals surface area contributed by atoms with Crippen molar-refractivity contribution in [3.8, 4) is 11.4 Å². The fourth-order valence-corrected chi connectivity index (χ4v) is 5.36. The molecule has 1 N–H and O–H groups in total. The summed E-state index contributed by atoms with van der Waals surface area (Å²) in [6.45, 7) is 6.01. The van der Waals surface area contributed by atoms with Crippen LogP contribution in [-0.2, 0) is 21.4 Å². The lowest BCUT2D eigenvalue weighted by Crippen LogP contribution is -2.40. The molecule has 0 spiro atoms. The molecule has 4 aromatic rings. The molecule has 0 aliphatic rings. The fraction of sp³-hybridized carbons (Fsp3) is 0.214. The number of aryl methyl sites for hydroxylation is 2. The number of carbonyl (C=O) groups excluding carboxylic acids is 1. The SMILES string of the molecule is CCOc1ccc(N(CC(=O)NCc2ccccc2-n2ccnc2C)S(=O)(=O)c2ccc(C)cc2)cc1. The first-order chi connectivity index (χ1) is 17.8. The monoisotopic (exact) mass is 518 g/mol. The van der Waals surface area contributed by atoms with Crippen molar-refractivity contribution in [3.63, 3.8) is 0 Å². The van der Waals surface area contributed by atoms with E-state index in [-0.39, 0.29) is 18.0 Å². The lowest BCUT2D eigenvalue weighted by Gasteiger charge is -2.24. The summed E-state index contributed by atoms with van der Waals surface area (Å²) in [5.41, 5.74) is 3.09. The maximum atomic E-state index is 13.6. The molecule has 0 saturated carbocycles. The highest BCUT2D eigenvalue weighted by molar-refractivity contribution is 7.92. The summed E-state index contributed by atoms with van der Waals surface area (Å²) in [4.78, 5) is 17.5. The van der Waals surface area contributed by atoms with E-state index in [4.69, 9.17) is 4.74 Å². The standard InChI is InChI=1S/C28H30N4O4S/c1-4-36-25-13-11-24(12-14-25)32(37(34,35)26-15-9-21(2)10-16-26)20-28(33)30-19-23-7-5-6-8-27(23)31-18-17-29-22(31)3/h5-18H,4,19-20H2,1-3H3,(H,30,33). The second-order valence-electron chi connectivity index (χ2n) is 8.50. The highest BCUT2D eigenvalue weighted by Crippen LogP contribution is 2.26. The number of nitrogens with one attached hydrogen (secondary N) is 1. The third-order valence-electron chi connectivity index (χ3n) is 5.88. The maximum Gasteiger partial charge on any atom is 0.264 e. The number of ether oxygens (including phenoxy) is 1. The largest absolute Gasteiger partial charge is 0.494 e. The van der Waals surface area contributed by atoms with E-state index < -0.39 is 15.9 Å². The van der Waals surface area contributed by atoms with Gasteiger partial charge in [-0.15, -0.1) is 0 Å². The molecular weight excluding hydrogens is 488 g/mol. The van der Waals surface area contributed by atoms with Crippen LogP contribution >= 0.6 is 0 Å². The number of nitrogens with zero attached hydrogens (tertiary/aromatic N) is 3. The number of rotatable bonds is 10. The molecule has 37 heavy (non-hydrogen) atoms. The van der Waals surface area contributed by atoms with Crippen molar-refractivity contribution in [1.29, 1.82) is 0 Å². The van der Waals surface area contributed by atoms with E-state index in [1.54, 1.807) is 54.7 Å². The zero-order valence-corrected chi connectivity index (χ0v) is 21.9. The Morgan fingerprint density at radius 3 is 2.35 bits per heavy atom. The Morgan fingerprint density at radius 2 is 1.70 bits per heavy atom. The Hall–Kier alpha value is -4.11. The minimum Gasteiger partial charge on any atom is -0.494 e. The molecular formula is C28H30N4O4S. The van der Waals surface area contributed by atoms with Gasteiger partial charge in [-0.25, -0.2) is 13.4 Å². The molecule has 0 radical (unpaired) electrons. The van der Waals surface area contributed by atoms with Crippen molar-refractivity contribution in [2.75, 3.05) is 17.5 Å². The van der Waals surface area contributed by atoms with Gasteiger partial charge in [-0.1, -0.05) is 35.9 Å². The van der Waals surface area contributed by atoms with Gasteiger partial charge in [0.05, 0.1) is 22.9 Å². The highest BCUT2D eigenvalue weighted by atomic mass is 32.2. The molecule has 0 aliphatic carbocycles. The zero-order valence-electron chi connectivity index (χ0n) is 21.1. The summed E-state index contributed by atoms with van der Waals surface area (Å²) in [6, 6.07) is 20.9. The molecule has 0 fully saturated rings. The normalized spacial score (nSPS) is 11.2. The van der Waals surface area contributed by atoms with Gasteiger partial charge in [0.2, 0.25) is 5.91 Å². The van der Waals surface area contributed by atoms with E-state index in [1.807, 2.05) is 55.8 Å².